The van der Waals surface area contributed by atoms with Gasteiger partial charge in [-0.1, -0.05) is 0 Å². The Bertz CT molecular complexity index is 308. The summed E-state index contributed by atoms with van der Waals surface area (Å²) in [5.74, 6) is -1.83. The quantitative estimate of drug-likeness (QED) is 0.592. The van der Waals surface area contributed by atoms with Crippen LogP contribution in [-0.4, -0.2) is 5.78 Å². The van der Waals surface area contributed by atoms with Crippen molar-refractivity contribution in [1.82, 2.24) is 0 Å². The van der Waals surface area contributed by atoms with Gasteiger partial charge in [0.15, 0.2) is 5.78 Å². The van der Waals surface area contributed by atoms with Crippen LogP contribution in [0.2, 0.25) is 0 Å². The molecule has 0 spiro atoms. The lowest BCUT2D eigenvalue weighted by Gasteiger charge is -2.02. The van der Waals surface area contributed by atoms with E-state index < -0.39 is 11.6 Å². The van der Waals surface area contributed by atoms with E-state index in [0.717, 1.165) is 6.07 Å². The van der Waals surface area contributed by atoms with Gasteiger partial charge in [0.1, 0.15) is 11.6 Å². The highest BCUT2D eigenvalue weighted by Crippen LogP contribution is 2.15. The topological polar surface area (TPSA) is 17.1 Å². The van der Waals surface area contributed by atoms with Gasteiger partial charge in [0.05, 0.1) is 5.56 Å². The minimum absolute atomic E-state index is 0.0311. The summed E-state index contributed by atoms with van der Waals surface area (Å²) in [6.07, 6.45) is 0. The number of aryl methyl sites for hydroxylation is 1. The predicted octanol–water partition coefficient (Wildman–Crippen LogP) is 2.48. The lowest BCUT2D eigenvalue weighted by Crippen LogP contribution is -2.01. The molecule has 0 saturated carbocycles. The second-order valence-electron chi connectivity index (χ2n) is 2.64. The Morgan fingerprint density at radius 2 is 1.92 bits per heavy atom. The molecule has 0 amide bonds. The smallest absolute Gasteiger partial charge is 0.163 e. The van der Waals surface area contributed by atoms with Crippen LogP contribution in [0.25, 0.3) is 0 Å². The second kappa shape index (κ2) is 3.01. The zero-order valence-electron chi connectivity index (χ0n) is 6.82. The molecule has 0 fully saturated rings. The average Bonchev–Trinajstić information content (AvgIpc) is 1.82. The summed E-state index contributed by atoms with van der Waals surface area (Å²) < 4.78 is 25.4. The fraction of sp³-hybridized carbons (Fsp3) is 0.222. The number of ketones is 1. The van der Waals surface area contributed by atoms with E-state index in [1.54, 1.807) is 0 Å². The fourth-order valence-corrected chi connectivity index (χ4v) is 1.15. The van der Waals surface area contributed by atoms with Crippen LogP contribution in [-0.2, 0) is 0 Å². The number of hydrogen-bond donors (Lipinski definition) is 0. The largest absolute Gasteiger partial charge is 0.294 e. The highest BCUT2D eigenvalue weighted by Gasteiger charge is 2.11. The monoisotopic (exact) mass is 170 g/mol. The first kappa shape index (κ1) is 8.84. The number of hydrogen-bond acceptors (Lipinski definition) is 1. The molecule has 0 N–H and O–H groups in total. The summed E-state index contributed by atoms with van der Waals surface area (Å²) in [7, 11) is 0. The van der Waals surface area contributed by atoms with Crippen LogP contribution >= 0.6 is 0 Å². The van der Waals surface area contributed by atoms with Crippen LogP contribution in [0.15, 0.2) is 12.1 Å². The maximum atomic E-state index is 12.9. The molecule has 0 bridgehead atoms. The third-order valence-corrected chi connectivity index (χ3v) is 1.60. The minimum Gasteiger partial charge on any atom is -0.294 e. The van der Waals surface area contributed by atoms with E-state index in [4.69, 9.17) is 0 Å². The van der Waals surface area contributed by atoms with Crippen LogP contribution in [0, 0.1) is 18.6 Å². The van der Waals surface area contributed by atoms with Gasteiger partial charge in [-0.15, -0.1) is 0 Å². The van der Waals surface area contributed by atoms with Crippen molar-refractivity contribution >= 4 is 5.78 Å². The van der Waals surface area contributed by atoms with Gasteiger partial charge in [-0.3, -0.25) is 4.79 Å². The standard InChI is InChI=1S/C9H8F2O/c1-5-3-7(10)4-8(11)9(5)6(2)12/h3-4H,1-2H3. The molecule has 1 aromatic rings. The summed E-state index contributed by atoms with van der Waals surface area (Å²) in [6, 6.07) is 1.85. The molecule has 0 unspecified atom stereocenters. The van der Waals surface area contributed by atoms with Crippen molar-refractivity contribution in [2.24, 2.45) is 0 Å². The summed E-state index contributed by atoms with van der Waals surface area (Å²) >= 11 is 0. The zero-order chi connectivity index (χ0) is 9.30. The van der Waals surface area contributed by atoms with Gasteiger partial charge >= 0.3 is 0 Å². The van der Waals surface area contributed by atoms with Crippen LogP contribution in [0.1, 0.15) is 22.8 Å². The van der Waals surface area contributed by atoms with E-state index in [0.29, 0.717) is 11.6 Å². The Kier molecular flexibility index (Phi) is 2.22. The first-order chi connectivity index (χ1) is 5.52. The number of benzene rings is 1. The predicted molar refractivity (Wildman–Crippen MR) is 41.1 cm³/mol. The number of rotatable bonds is 1. The van der Waals surface area contributed by atoms with Crippen molar-refractivity contribution in [3.63, 3.8) is 0 Å². The van der Waals surface area contributed by atoms with E-state index in [2.05, 4.69) is 0 Å². The summed E-state index contributed by atoms with van der Waals surface area (Å²) in [5, 5.41) is 0. The number of Topliss-reactive ketones (excluding diaryl/α,β-unsaturated/α-hetero) is 1. The molecule has 1 rings (SSSR count). The van der Waals surface area contributed by atoms with Crippen LogP contribution in [0.3, 0.4) is 0 Å². The van der Waals surface area contributed by atoms with E-state index in [9.17, 15) is 13.6 Å². The number of carbonyl (C=O) groups is 1. The maximum absolute atomic E-state index is 12.9. The molecule has 3 heteroatoms. The molecule has 0 atom stereocenters. The van der Waals surface area contributed by atoms with Crippen LogP contribution in [0.4, 0.5) is 8.78 Å². The van der Waals surface area contributed by atoms with Gasteiger partial charge in [-0.05, 0) is 25.5 Å². The van der Waals surface area contributed by atoms with Gasteiger partial charge in [0, 0.05) is 6.07 Å². The Morgan fingerprint density at radius 3 is 2.33 bits per heavy atom. The molecule has 0 aromatic heterocycles. The molecule has 0 aliphatic rings. The molecule has 0 aliphatic heterocycles. The maximum Gasteiger partial charge on any atom is 0.163 e. The SMILES string of the molecule is CC(=O)c1c(C)cc(F)cc1F. The minimum atomic E-state index is -0.792. The van der Waals surface area contributed by atoms with Crippen molar-refractivity contribution in [3.8, 4) is 0 Å². The molecular weight excluding hydrogens is 162 g/mol. The summed E-state index contributed by atoms with van der Waals surface area (Å²) in [4.78, 5) is 10.8. The molecule has 1 aromatic carbocycles. The Hall–Kier alpha value is -1.25. The molecule has 64 valence electrons. The zero-order valence-corrected chi connectivity index (χ0v) is 6.82. The fourth-order valence-electron chi connectivity index (χ4n) is 1.15. The Labute approximate surface area is 69.0 Å². The molecule has 0 radical (unpaired) electrons. The molecule has 0 aliphatic carbocycles. The van der Waals surface area contributed by atoms with Gasteiger partial charge in [0.2, 0.25) is 0 Å². The molecule has 12 heavy (non-hydrogen) atoms. The third kappa shape index (κ3) is 1.49. The number of carbonyl (C=O) groups excluding carboxylic acids is 1. The third-order valence-electron chi connectivity index (χ3n) is 1.60. The van der Waals surface area contributed by atoms with E-state index >= 15 is 0 Å². The van der Waals surface area contributed by atoms with Crippen molar-refractivity contribution in [2.45, 2.75) is 13.8 Å². The van der Waals surface area contributed by atoms with Crippen LogP contribution in [0.5, 0.6) is 0 Å². The van der Waals surface area contributed by atoms with Crippen molar-refractivity contribution in [1.29, 1.82) is 0 Å². The summed E-state index contributed by atoms with van der Waals surface area (Å²) in [5.41, 5.74) is 0.302. The van der Waals surface area contributed by atoms with Crippen LogP contribution < -0.4 is 0 Å². The second-order valence-corrected chi connectivity index (χ2v) is 2.64. The molecular formula is C9H8F2O. The number of halogens is 2. The van der Waals surface area contributed by atoms with E-state index in [1.807, 2.05) is 0 Å². The molecule has 0 saturated heterocycles. The summed E-state index contributed by atoms with van der Waals surface area (Å²) in [6.45, 7) is 2.76. The van der Waals surface area contributed by atoms with Gasteiger partial charge in [-0.2, -0.15) is 0 Å². The van der Waals surface area contributed by atoms with E-state index in [-0.39, 0.29) is 11.3 Å². The van der Waals surface area contributed by atoms with Crippen molar-refractivity contribution in [3.05, 3.63) is 34.9 Å². The first-order valence-corrected chi connectivity index (χ1v) is 3.49. The lowest BCUT2D eigenvalue weighted by molar-refractivity contribution is 0.101. The normalized spacial score (nSPS) is 10.0. The molecule has 0 heterocycles. The highest BCUT2D eigenvalue weighted by atomic mass is 19.1. The van der Waals surface area contributed by atoms with Crippen molar-refractivity contribution < 1.29 is 13.6 Å². The average molecular weight is 170 g/mol. The van der Waals surface area contributed by atoms with Gasteiger partial charge in [-0.25, -0.2) is 8.78 Å². The molecule has 1 nitrogen and oxygen atoms in total. The van der Waals surface area contributed by atoms with Gasteiger partial charge < -0.3 is 0 Å². The van der Waals surface area contributed by atoms with Crippen molar-refractivity contribution in [2.75, 3.05) is 0 Å². The first-order valence-electron chi connectivity index (χ1n) is 3.49. The van der Waals surface area contributed by atoms with E-state index in [1.165, 1.54) is 13.8 Å². The highest BCUT2D eigenvalue weighted by molar-refractivity contribution is 5.95. The Morgan fingerprint density at radius 1 is 1.33 bits per heavy atom. The van der Waals surface area contributed by atoms with Gasteiger partial charge in [0.25, 0.3) is 0 Å². The Balaban J connectivity index is 3.38. The lowest BCUT2D eigenvalue weighted by atomic mass is 10.1.